The zero-order valence-electron chi connectivity index (χ0n) is 11.6. The molecule has 6 heteroatoms. The van der Waals surface area contributed by atoms with Crippen LogP contribution in [0.3, 0.4) is 0 Å². The lowest BCUT2D eigenvalue weighted by Gasteiger charge is -2.11. The lowest BCUT2D eigenvalue weighted by Crippen LogP contribution is -2.14. The number of hydrogen-bond donors (Lipinski definition) is 1. The normalized spacial score (nSPS) is 10.9. The van der Waals surface area contributed by atoms with E-state index in [1.54, 1.807) is 37.4 Å². The number of benzene rings is 1. The van der Waals surface area contributed by atoms with E-state index in [0.29, 0.717) is 22.2 Å². The molecular formula is C16H11ClFN3O. The molecule has 2 aromatic heterocycles. The summed E-state index contributed by atoms with van der Waals surface area (Å²) in [7, 11) is 0. The summed E-state index contributed by atoms with van der Waals surface area (Å²) in [5, 5.41) is 0.460. The van der Waals surface area contributed by atoms with Crippen LogP contribution >= 0.6 is 11.6 Å². The first-order chi connectivity index (χ1) is 10.5. The average molecular weight is 316 g/mol. The number of hydrogen-bond acceptors (Lipinski definition) is 3. The molecule has 2 N–H and O–H groups in total. The molecule has 0 aliphatic rings. The first-order valence-electron chi connectivity index (χ1n) is 6.49. The van der Waals surface area contributed by atoms with Crippen molar-refractivity contribution in [3.63, 3.8) is 0 Å². The third-order valence-electron chi connectivity index (χ3n) is 3.48. The van der Waals surface area contributed by atoms with E-state index in [-0.39, 0.29) is 16.3 Å². The quantitative estimate of drug-likeness (QED) is 0.736. The number of amides is 1. The number of aromatic nitrogens is 2. The monoisotopic (exact) mass is 315 g/mol. The molecule has 1 aromatic carbocycles. The fraction of sp³-hybridized carbons (Fsp3) is 0.0625. The number of pyridine rings is 2. The van der Waals surface area contributed by atoms with Crippen molar-refractivity contribution in [2.24, 2.45) is 5.73 Å². The van der Waals surface area contributed by atoms with E-state index in [2.05, 4.69) is 9.97 Å². The molecule has 110 valence electrons. The standard InChI is InChI=1S/C16H11ClFN3O/c1-8-11(16(19)22)7-13(17)21-15(8)10-4-5-12-9(14(10)18)3-2-6-20-12/h2-7H,1H3,(H2,19,22). The van der Waals surface area contributed by atoms with E-state index in [1.165, 1.54) is 6.07 Å². The van der Waals surface area contributed by atoms with Gasteiger partial charge in [0.2, 0.25) is 5.91 Å². The SMILES string of the molecule is Cc1c(C(N)=O)cc(Cl)nc1-c1ccc2ncccc2c1F. The lowest BCUT2D eigenvalue weighted by molar-refractivity contribution is 0.0999. The molecule has 1 amide bonds. The van der Waals surface area contributed by atoms with Crippen LogP contribution in [0.25, 0.3) is 22.2 Å². The zero-order valence-corrected chi connectivity index (χ0v) is 12.4. The molecule has 4 nitrogen and oxygen atoms in total. The summed E-state index contributed by atoms with van der Waals surface area (Å²) >= 11 is 5.93. The molecule has 0 aliphatic carbocycles. The molecule has 22 heavy (non-hydrogen) atoms. The Morgan fingerprint density at radius 2 is 2.09 bits per heavy atom. The fourth-order valence-electron chi connectivity index (χ4n) is 2.40. The van der Waals surface area contributed by atoms with Crippen molar-refractivity contribution in [1.82, 2.24) is 9.97 Å². The van der Waals surface area contributed by atoms with Crippen LogP contribution < -0.4 is 5.73 Å². The zero-order chi connectivity index (χ0) is 15.9. The van der Waals surface area contributed by atoms with Gasteiger partial charge in [-0.3, -0.25) is 9.78 Å². The van der Waals surface area contributed by atoms with Gasteiger partial charge in [0, 0.05) is 22.7 Å². The topological polar surface area (TPSA) is 68.9 Å². The van der Waals surface area contributed by atoms with Crippen LogP contribution in [0.1, 0.15) is 15.9 Å². The molecular weight excluding hydrogens is 305 g/mol. The second-order valence-corrected chi connectivity index (χ2v) is 5.21. The van der Waals surface area contributed by atoms with Crippen LogP contribution in [-0.4, -0.2) is 15.9 Å². The maximum Gasteiger partial charge on any atom is 0.249 e. The number of nitrogens with two attached hydrogens (primary N) is 1. The summed E-state index contributed by atoms with van der Waals surface area (Å²) in [6.07, 6.45) is 1.59. The molecule has 0 aliphatic heterocycles. The summed E-state index contributed by atoms with van der Waals surface area (Å²) < 4.78 is 14.8. The van der Waals surface area contributed by atoms with Crippen LogP contribution in [0.4, 0.5) is 4.39 Å². The maximum absolute atomic E-state index is 14.8. The van der Waals surface area contributed by atoms with Crippen molar-refractivity contribution >= 4 is 28.4 Å². The summed E-state index contributed by atoms with van der Waals surface area (Å²) in [6.45, 7) is 1.66. The largest absolute Gasteiger partial charge is 0.366 e. The van der Waals surface area contributed by atoms with Crippen molar-refractivity contribution in [1.29, 1.82) is 0 Å². The van der Waals surface area contributed by atoms with Crippen molar-refractivity contribution in [3.05, 3.63) is 58.6 Å². The van der Waals surface area contributed by atoms with Gasteiger partial charge in [0.1, 0.15) is 11.0 Å². The van der Waals surface area contributed by atoms with Crippen LogP contribution in [0.15, 0.2) is 36.5 Å². The Morgan fingerprint density at radius 1 is 1.32 bits per heavy atom. The predicted molar refractivity (Wildman–Crippen MR) is 83.2 cm³/mol. The minimum Gasteiger partial charge on any atom is -0.366 e. The van der Waals surface area contributed by atoms with Crippen LogP contribution in [-0.2, 0) is 0 Å². The third-order valence-corrected chi connectivity index (χ3v) is 3.67. The highest BCUT2D eigenvalue weighted by atomic mass is 35.5. The maximum atomic E-state index is 14.8. The molecule has 0 atom stereocenters. The number of primary amides is 1. The molecule has 2 heterocycles. The summed E-state index contributed by atoms with van der Waals surface area (Å²) in [5.74, 6) is -1.09. The summed E-state index contributed by atoms with van der Waals surface area (Å²) in [5.41, 5.74) is 7.13. The van der Waals surface area contributed by atoms with Gasteiger partial charge in [-0.05, 0) is 42.8 Å². The summed E-state index contributed by atoms with van der Waals surface area (Å²) in [4.78, 5) is 19.7. The lowest BCUT2D eigenvalue weighted by atomic mass is 10.00. The van der Waals surface area contributed by atoms with Gasteiger partial charge in [-0.25, -0.2) is 9.37 Å². The molecule has 0 fully saturated rings. The Morgan fingerprint density at radius 3 is 2.82 bits per heavy atom. The fourth-order valence-corrected chi connectivity index (χ4v) is 2.59. The van der Waals surface area contributed by atoms with E-state index in [0.717, 1.165) is 0 Å². The highest BCUT2D eigenvalue weighted by Gasteiger charge is 2.18. The number of rotatable bonds is 2. The second kappa shape index (κ2) is 5.35. The van der Waals surface area contributed by atoms with Gasteiger partial charge in [0.05, 0.1) is 11.2 Å². The number of carbonyl (C=O) groups excluding carboxylic acids is 1. The number of nitrogens with zero attached hydrogens (tertiary/aromatic N) is 2. The van der Waals surface area contributed by atoms with Gasteiger partial charge in [0.25, 0.3) is 0 Å². The minimum atomic E-state index is -0.633. The van der Waals surface area contributed by atoms with Crippen LogP contribution in [0, 0.1) is 12.7 Å². The molecule has 3 rings (SSSR count). The highest BCUT2D eigenvalue weighted by molar-refractivity contribution is 6.30. The highest BCUT2D eigenvalue weighted by Crippen LogP contribution is 2.31. The molecule has 0 unspecified atom stereocenters. The summed E-state index contributed by atoms with van der Waals surface area (Å²) in [6, 6.07) is 7.93. The van der Waals surface area contributed by atoms with Gasteiger partial charge in [-0.2, -0.15) is 0 Å². The number of halogens is 2. The van der Waals surface area contributed by atoms with Gasteiger partial charge in [-0.1, -0.05) is 11.6 Å². The molecule has 0 saturated heterocycles. The van der Waals surface area contributed by atoms with Gasteiger partial charge in [0.15, 0.2) is 0 Å². The Hall–Kier alpha value is -2.53. The first-order valence-corrected chi connectivity index (χ1v) is 6.87. The van der Waals surface area contributed by atoms with Crippen LogP contribution in [0.2, 0.25) is 5.15 Å². The first kappa shape index (κ1) is 14.4. The van der Waals surface area contributed by atoms with E-state index in [4.69, 9.17) is 17.3 Å². The molecule has 0 spiro atoms. The second-order valence-electron chi connectivity index (χ2n) is 4.83. The third kappa shape index (κ3) is 2.29. The van der Waals surface area contributed by atoms with E-state index in [9.17, 15) is 9.18 Å². The minimum absolute atomic E-state index is 0.0834. The van der Waals surface area contributed by atoms with Gasteiger partial charge in [-0.15, -0.1) is 0 Å². The Balaban J connectivity index is 2.32. The molecule has 0 bridgehead atoms. The Bertz CT molecular complexity index is 911. The average Bonchev–Trinajstić information content (AvgIpc) is 2.50. The molecule has 0 saturated carbocycles. The molecule has 3 aromatic rings. The van der Waals surface area contributed by atoms with E-state index in [1.807, 2.05) is 0 Å². The van der Waals surface area contributed by atoms with Crippen molar-refractivity contribution in [2.45, 2.75) is 6.92 Å². The van der Waals surface area contributed by atoms with E-state index < -0.39 is 11.7 Å². The van der Waals surface area contributed by atoms with Crippen molar-refractivity contribution in [3.8, 4) is 11.3 Å². The number of carbonyl (C=O) groups is 1. The van der Waals surface area contributed by atoms with E-state index >= 15 is 0 Å². The van der Waals surface area contributed by atoms with Gasteiger partial charge < -0.3 is 5.73 Å². The predicted octanol–water partition coefficient (Wildman–Crippen LogP) is 3.50. The number of fused-ring (bicyclic) bond motifs is 1. The molecule has 0 radical (unpaired) electrons. The van der Waals surface area contributed by atoms with Crippen LogP contribution in [0.5, 0.6) is 0 Å². The Labute approximate surface area is 130 Å². The smallest absolute Gasteiger partial charge is 0.249 e. The van der Waals surface area contributed by atoms with Crippen molar-refractivity contribution in [2.75, 3.05) is 0 Å². The Kier molecular flexibility index (Phi) is 3.50. The van der Waals surface area contributed by atoms with Gasteiger partial charge >= 0.3 is 0 Å². The van der Waals surface area contributed by atoms with Crippen molar-refractivity contribution < 1.29 is 9.18 Å².